The van der Waals surface area contributed by atoms with Gasteiger partial charge in [0.2, 0.25) is 5.91 Å². The summed E-state index contributed by atoms with van der Waals surface area (Å²) < 4.78 is 5.74. The van der Waals surface area contributed by atoms with Crippen LogP contribution in [0.4, 0.5) is 17.1 Å². The molecule has 0 aromatic heterocycles. The number of nitriles is 1. The predicted molar refractivity (Wildman–Crippen MR) is 191 cm³/mol. The van der Waals surface area contributed by atoms with Crippen molar-refractivity contribution >= 4 is 28.8 Å². The number of aliphatic imine (C=N–C) groups is 1. The van der Waals surface area contributed by atoms with Crippen LogP contribution in [-0.2, 0) is 4.79 Å². The van der Waals surface area contributed by atoms with Crippen molar-refractivity contribution in [3.05, 3.63) is 84.7 Å². The number of ether oxygens (including phenoxy) is 1. The van der Waals surface area contributed by atoms with E-state index in [1.54, 1.807) is 31.4 Å². The molecule has 2 aliphatic rings. The van der Waals surface area contributed by atoms with E-state index in [0.717, 1.165) is 69.9 Å². The molecule has 2 heterocycles. The maximum Gasteiger partial charge on any atom is 0.247 e. The summed E-state index contributed by atoms with van der Waals surface area (Å²) in [5.41, 5.74) is 12.1. The maximum absolute atomic E-state index is 12.5. The Morgan fingerprint density at radius 2 is 1.94 bits per heavy atom. The first-order valence-corrected chi connectivity index (χ1v) is 16.2. The van der Waals surface area contributed by atoms with Crippen LogP contribution in [-0.4, -0.2) is 92.2 Å². The molecule has 2 aromatic rings. The largest absolute Gasteiger partial charge is 0.494 e. The summed E-state index contributed by atoms with van der Waals surface area (Å²) in [7, 11) is 1.56. The summed E-state index contributed by atoms with van der Waals surface area (Å²) in [6, 6.07) is 13.0. The Morgan fingerprint density at radius 1 is 1.19 bits per heavy atom. The number of methoxy groups -OCH3 is 1. The normalized spacial score (nSPS) is 17.2. The fourth-order valence-electron chi connectivity index (χ4n) is 6.23. The second-order valence-electron chi connectivity index (χ2n) is 11.8. The molecule has 1 amide bonds. The van der Waals surface area contributed by atoms with Gasteiger partial charge in [-0.25, -0.2) is 10.8 Å². The van der Waals surface area contributed by atoms with Crippen molar-refractivity contribution in [1.82, 2.24) is 20.5 Å². The highest BCUT2D eigenvalue weighted by Gasteiger charge is 2.29. The fraction of sp³-hybridized carbons (Fsp3) is 0.400. The lowest BCUT2D eigenvalue weighted by Gasteiger charge is -2.43. The van der Waals surface area contributed by atoms with E-state index in [-0.39, 0.29) is 24.4 Å². The topological polar surface area (TPSA) is 181 Å². The number of aliphatic hydroxyl groups is 1. The van der Waals surface area contributed by atoms with Gasteiger partial charge in [0.15, 0.2) is 0 Å². The number of aliphatic hydroxyl groups excluding tert-OH is 1. The van der Waals surface area contributed by atoms with Gasteiger partial charge in [0.1, 0.15) is 23.1 Å². The number of carbonyl (C=O) groups is 1. The monoisotopic (exact) mass is 656 g/mol. The zero-order valence-corrected chi connectivity index (χ0v) is 27.7. The quantitative estimate of drug-likeness (QED) is 0.0414. The number of piperidine rings is 1. The number of hydrazine groups is 1. The minimum absolute atomic E-state index is 0.0939. The average Bonchev–Trinajstić information content (AvgIpc) is 3.11. The van der Waals surface area contributed by atoms with Gasteiger partial charge in [0, 0.05) is 70.6 Å². The van der Waals surface area contributed by atoms with Crippen molar-refractivity contribution in [3.63, 3.8) is 0 Å². The number of anilines is 2. The molecule has 0 spiro atoms. The van der Waals surface area contributed by atoms with E-state index >= 15 is 0 Å². The summed E-state index contributed by atoms with van der Waals surface area (Å²) in [4.78, 5) is 24.4. The summed E-state index contributed by atoms with van der Waals surface area (Å²) in [5.74, 6) is 6.41. The Balaban J connectivity index is 1.55. The number of nitrogens with one attached hydrogen (secondary N) is 3. The Labute approximate surface area is 283 Å². The first-order chi connectivity index (χ1) is 23.3. The van der Waals surface area contributed by atoms with Crippen LogP contribution in [0.2, 0.25) is 0 Å². The van der Waals surface area contributed by atoms with Crippen molar-refractivity contribution in [2.24, 2.45) is 16.6 Å². The number of carbonyl (C=O) groups excluding carboxylic acids is 1. The van der Waals surface area contributed by atoms with Gasteiger partial charge >= 0.3 is 0 Å². The van der Waals surface area contributed by atoms with E-state index in [1.165, 1.54) is 12.2 Å². The molecule has 0 unspecified atom stereocenters. The third-order valence-electron chi connectivity index (χ3n) is 8.72. The molecule has 0 bridgehead atoms. The summed E-state index contributed by atoms with van der Waals surface area (Å²) in [5, 5.41) is 25.2. The van der Waals surface area contributed by atoms with Crippen LogP contribution in [0.5, 0.6) is 5.75 Å². The second-order valence-corrected chi connectivity index (χ2v) is 11.8. The Kier molecular flexibility index (Phi) is 13.4. The fourth-order valence-corrected chi connectivity index (χ4v) is 6.23. The van der Waals surface area contributed by atoms with Gasteiger partial charge in [-0.1, -0.05) is 24.8 Å². The number of amidine groups is 1. The number of hydrogen-bond donors (Lipinski definition) is 6. The number of piperazine rings is 1. The molecule has 2 aliphatic heterocycles. The van der Waals surface area contributed by atoms with E-state index in [1.807, 2.05) is 18.2 Å². The Hall–Kier alpha value is -4.87. The molecular weight excluding hydrogens is 608 g/mol. The van der Waals surface area contributed by atoms with Crippen LogP contribution in [0.1, 0.15) is 36.4 Å². The highest BCUT2D eigenvalue weighted by Crippen LogP contribution is 2.40. The number of amides is 1. The Morgan fingerprint density at radius 3 is 2.56 bits per heavy atom. The number of nitrogens with zero attached hydrogens (tertiary/aromatic N) is 5. The molecule has 0 radical (unpaired) electrons. The molecule has 256 valence electrons. The zero-order chi connectivity index (χ0) is 34.5. The van der Waals surface area contributed by atoms with Crippen molar-refractivity contribution in [2.75, 3.05) is 69.7 Å². The molecule has 8 N–H and O–H groups in total. The molecule has 2 fully saturated rings. The van der Waals surface area contributed by atoms with Crippen LogP contribution in [0.3, 0.4) is 0 Å². The lowest BCUT2D eigenvalue weighted by Crippen LogP contribution is -2.53. The molecule has 0 saturated carbocycles. The molecular formula is C35H48N10O3. The number of benzene rings is 2. The third-order valence-corrected chi connectivity index (χ3v) is 8.72. The lowest BCUT2D eigenvalue weighted by atomic mass is 10.0. The van der Waals surface area contributed by atoms with Crippen LogP contribution >= 0.6 is 0 Å². The van der Waals surface area contributed by atoms with Crippen LogP contribution < -0.4 is 37.3 Å². The van der Waals surface area contributed by atoms with Gasteiger partial charge in [-0.15, -0.1) is 6.58 Å². The van der Waals surface area contributed by atoms with E-state index in [2.05, 4.69) is 55.0 Å². The molecule has 13 nitrogen and oxygen atoms in total. The number of hydrogen-bond acceptors (Lipinski definition) is 11. The molecule has 2 aromatic carbocycles. The Bertz CT molecular complexity index is 1520. The number of rotatable bonds is 15. The van der Waals surface area contributed by atoms with Gasteiger partial charge in [-0.05, 0) is 49.1 Å². The van der Waals surface area contributed by atoms with Crippen molar-refractivity contribution < 1.29 is 14.6 Å². The van der Waals surface area contributed by atoms with E-state index in [0.29, 0.717) is 41.0 Å². The lowest BCUT2D eigenvalue weighted by molar-refractivity contribution is -0.111. The molecule has 1 atom stereocenters. The SMILES string of the molecule is C=CCN1CCN(C2CCN(c3cc(OC)c(N=C(N)/C=C(\NN)N[C@H](CCO)c4cccc(C#N)c4)cc3NC(=O)C=C)CC2)CC1. The second kappa shape index (κ2) is 17.9. The summed E-state index contributed by atoms with van der Waals surface area (Å²) >= 11 is 0. The zero-order valence-electron chi connectivity index (χ0n) is 27.7. The van der Waals surface area contributed by atoms with Gasteiger partial charge in [0.05, 0.1) is 36.2 Å². The van der Waals surface area contributed by atoms with Crippen molar-refractivity contribution in [3.8, 4) is 11.8 Å². The minimum Gasteiger partial charge on any atom is -0.494 e. The minimum atomic E-state index is -0.362. The van der Waals surface area contributed by atoms with E-state index in [9.17, 15) is 15.2 Å². The smallest absolute Gasteiger partial charge is 0.247 e. The van der Waals surface area contributed by atoms with Crippen LogP contribution in [0, 0.1) is 11.3 Å². The first-order valence-electron chi connectivity index (χ1n) is 16.2. The highest BCUT2D eigenvalue weighted by molar-refractivity contribution is 6.02. The van der Waals surface area contributed by atoms with Gasteiger partial charge in [-0.2, -0.15) is 5.26 Å². The average molecular weight is 657 g/mol. The van der Waals surface area contributed by atoms with Crippen molar-refractivity contribution in [1.29, 1.82) is 5.26 Å². The van der Waals surface area contributed by atoms with Crippen LogP contribution in [0.15, 0.2) is 78.6 Å². The molecule has 4 rings (SSSR count). The van der Waals surface area contributed by atoms with E-state index < -0.39 is 0 Å². The van der Waals surface area contributed by atoms with Gasteiger partial charge in [0.25, 0.3) is 0 Å². The van der Waals surface area contributed by atoms with Gasteiger partial charge in [-0.3, -0.25) is 14.6 Å². The highest BCUT2D eigenvalue weighted by atomic mass is 16.5. The molecule has 0 aliphatic carbocycles. The summed E-state index contributed by atoms with van der Waals surface area (Å²) in [6.45, 7) is 14.2. The summed E-state index contributed by atoms with van der Waals surface area (Å²) in [6.07, 6.45) is 7.10. The van der Waals surface area contributed by atoms with Crippen molar-refractivity contribution in [2.45, 2.75) is 31.3 Å². The number of nitrogens with two attached hydrogens (primary N) is 2. The van der Waals surface area contributed by atoms with Crippen LogP contribution in [0.25, 0.3) is 0 Å². The van der Waals surface area contributed by atoms with Gasteiger partial charge < -0.3 is 36.5 Å². The molecule has 13 heteroatoms. The standard InChI is InChI=1S/C35H48N10O3/c1-4-12-43-15-17-44(18-16-43)27-9-13-45(14-10-27)31-22-32(48-3)30(21-29(31)41-35(47)5-2)39-33(37)23-34(42-38)40-28(11-19-46)26-8-6-7-25(20-26)24-36/h4-8,20-23,27-28,40,42,46H,1-2,9-19,38H2,3H3,(H2,37,39)(H,41,47)/b34-23-/t28-/m1/s1. The third kappa shape index (κ3) is 9.58. The maximum atomic E-state index is 12.5. The molecule has 2 saturated heterocycles. The molecule has 48 heavy (non-hydrogen) atoms. The predicted octanol–water partition coefficient (Wildman–Crippen LogP) is 2.47. The van der Waals surface area contributed by atoms with E-state index in [4.69, 9.17) is 16.3 Å². The first kappa shape index (κ1) is 36.0.